The van der Waals surface area contributed by atoms with Gasteiger partial charge in [0.15, 0.2) is 9.84 Å². The molecule has 0 aromatic heterocycles. The second kappa shape index (κ2) is 6.88. The molecule has 0 aliphatic carbocycles. The van der Waals surface area contributed by atoms with E-state index in [2.05, 4.69) is 4.72 Å². The molecule has 0 saturated heterocycles. The van der Waals surface area contributed by atoms with Gasteiger partial charge in [0.25, 0.3) is 0 Å². The van der Waals surface area contributed by atoms with Crippen molar-refractivity contribution in [3.05, 3.63) is 24.0 Å². The van der Waals surface area contributed by atoms with Gasteiger partial charge in [0.05, 0.1) is 4.90 Å². The molecule has 114 valence electrons. The van der Waals surface area contributed by atoms with Crippen LogP contribution >= 0.6 is 11.8 Å². The highest BCUT2D eigenvalue weighted by molar-refractivity contribution is 7.98. The van der Waals surface area contributed by atoms with Crippen LogP contribution in [0.3, 0.4) is 0 Å². The fourth-order valence-electron chi connectivity index (χ4n) is 1.42. The Bertz CT molecular complexity index is 671. The Morgan fingerprint density at radius 3 is 2.45 bits per heavy atom. The van der Waals surface area contributed by atoms with E-state index >= 15 is 0 Å². The standard InChI is InChI=1S/C11H16FNO4S3/c1-18-7-3-6-13-20(16,17)11-8-9(19(2,14)15)4-5-10(11)12/h4-5,8,13H,3,6-7H2,1-2H3. The minimum atomic E-state index is -4.05. The lowest BCUT2D eigenvalue weighted by molar-refractivity contribution is 0.555. The molecule has 0 heterocycles. The zero-order valence-electron chi connectivity index (χ0n) is 11.1. The van der Waals surface area contributed by atoms with Gasteiger partial charge in [0.1, 0.15) is 10.7 Å². The van der Waals surface area contributed by atoms with E-state index in [1.54, 1.807) is 11.8 Å². The van der Waals surface area contributed by atoms with Crippen LogP contribution in [0, 0.1) is 5.82 Å². The number of halogens is 1. The number of sulfonamides is 1. The average molecular weight is 341 g/mol. The highest BCUT2D eigenvalue weighted by Crippen LogP contribution is 2.19. The van der Waals surface area contributed by atoms with Gasteiger partial charge < -0.3 is 0 Å². The summed E-state index contributed by atoms with van der Waals surface area (Å²) in [5.74, 6) is -0.205. The molecule has 1 aromatic rings. The molecular weight excluding hydrogens is 325 g/mol. The predicted octanol–water partition coefficient (Wildman–Crippen LogP) is 1.26. The number of nitrogens with one attached hydrogen (secondary N) is 1. The highest BCUT2D eigenvalue weighted by atomic mass is 32.2. The van der Waals surface area contributed by atoms with Crippen LogP contribution in [0.1, 0.15) is 6.42 Å². The molecule has 9 heteroatoms. The largest absolute Gasteiger partial charge is 0.243 e. The summed E-state index contributed by atoms with van der Waals surface area (Å²) in [7, 11) is -7.65. The fourth-order valence-corrected chi connectivity index (χ4v) is 3.75. The Balaban J connectivity index is 3.05. The number of sulfone groups is 1. The van der Waals surface area contributed by atoms with Gasteiger partial charge in [-0.25, -0.2) is 25.9 Å². The first-order valence-electron chi connectivity index (χ1n) is 5.66. The summed E-state index contributed by atoms with van der Waals surface area (Å²) in [5.41, 5.74) is 0. The number of rotatable bonds is 7. The van der Waals surface area contributed by atoms with Gasteiger partial charge in [0.2, 0.25) is 10.0 Å². The van der Waals surface area contributed by atoms with Gasteiger partial charge >= 0.3 is 0 Å². The predicted molar refractivity (Wildman–Crippen MR) is 77.7 cm³/mol. The number of hydrogen-bond donors (Lipinski definition) is 1. The van der Waals surface area contributed by atoms with Crippen molar-refractivity contribution >= 4 is 31.6 Å². The maximum absolute atomic E-state index is 13.6. The van der Waals surface area contributed by atoms with Crippen molar-refractivity contribution in [2.45, 2.75) is 16.2 Å². The fraction of sp³-hybridized carbons (Fsp3) is 0.455. The Hall–Kier alpha value is -0.640. The third kappa shape index (κ3) is 4.72. The minimum absolute atomic E-state index is 0.172. The number of benzene rings is 1. The number of thioether (sulfide) groups is 1. The van der Waals surface area contributed by atoms with Crippen LogP contribution in [0.15, 0.2) is 28.0 Å². The van der Waals surface area contributed by atoms with Crippen LogP contribution in [0.4, 0.5) is 4.39 Å². The van der Waals surface area contributed by atoms with E-state index in [0.717, 1.165) is 30.2 Å². The maximum atomic E-state index is 13.6. The van der Waals surface area contributed by atoms with Crippen LogP contribution in [-0.2, 0) is 19.9 Å². The molecule has 1 rings (SSSR count). The van der Waals surface area contributed by atoms with Crippen LogP contribution < -0.4 is 4.72 Å². The summed E-state index contributed by atoms with van der Waals surface area (Å²) >= 11 is 1.57. The number of hydrogen-bond acceptors (Lipinski definition) is 5. The second-order valence-corrected chi connectivity index (χ2v) is 8.85. The highest BCUT2D eigenvalue weighted by Gasteiger charge is 2.21. The Labute approximate surface area is 122 Å². The lowest BCUT2D eigenvalue weighted by Crippen LogP contribution is -2.26. The molecule has 1 aromatic carbocycles. The molecular formula is C11H16FNO4S3. The molecule has 20 heavy (non-hydrogen) atoms. The summed E-state index contributed by atoms with van der Waals surface area (Å²) in [6.45, 7) is 0.172. The Kier molecular flexibility index (Phi) is 5.99. The minimum Gasteiger partial charge on any atom is -0.224 e. The van der Waals surface area contributed by atoms with Gasteiger partial charge in [-0.1, -0.05) is 0 Å². The molecule has 5 nitrogen and oxygen atoms in total. The van der Waals surface area contributed by atoms with Crippen molar-refractivity contribution in [3.63, 3.8) is 0 Å². The first-order valence-corrected chi connectivity index (χ1v) is 10.4. The first kappa shape index (κ1) is 17.4. The summed E-state index contributed by atoms with van der Waals surface area (Å²) in [5, 5.41) is 0. The molecule has 0 bridgehead atoms. The van der Waals surface area contributed by atoms with Crippen LogP contribution in [0.25, 0.3) is 0 Å². The van der Waals surface area contributed by atoms with Crippen molar-refractivity contribution in [2.75, 3.05) is 24.8 Å². The first-order chi connectivity index (χ1) is 9.18. The molecule has 0 saturated carbocycles. The van der Waals surface area contributed by atoms with Crippen molar-refractivity contribution in [1.29, 1.82) is 0 Å². The van der Waals surface area contributed by atoms with E-state index in [9.17, 15) is 21.2 Å². The molecule has 0 aliphatic rings. The summed E-state index contributed by atoms with van der Waals surface area (Å²) in [6.07, 6.45) is 3.43. The van der Waals surface area contributed by atoms with E-state index in [1.165, 1.54) is 0 Å². The molecule has 0 aliphatic heterocycles. The van der Waals surface area contributed by atoms with E-state index < -0.39 is 30.6 Å². The second-order valence-electron chi connectivity index (χ2n) is 4.11. The molecule has 0 radical (unpaired) electrons. The van der Waals surface area contributed by atoms with E-state index in [1.807, 2.05) is 6.26 Å². The lowest BCUT2D eigenvalue weighted by atomic mass is 10.3. The zero-order valence-corrected chi connectivity index (χ0v) is 13.5. The average Bonchev–Trinajstić information content (AvgIpc) is 2.33. The van der Waals surface area contributed by atoms with Crippen LogP contribution in [-0.4, -0.2) is 41.6 Å². The van der Waals surface area contributed by atoms with Gasteiger partial charge in [-0.2, -0.15) is 11.8 Å². The quantitative estimate of drug-likeness (QED) is 0.596. The maximum Gasteiger partial charge on any atom is 0.243 e. The monoisotopic (exact) mass is 341 g/mol. The van der Waals surface area contributed by atoms with Gasteiger partial charge in [-0.15, -0.1) is 0 Å². The van der Waals surface area contributed by atoms with E-state index in [4.69, 9.17) is 0 Å². The van der Waals surface area contributed by atoms with Crippen molar-refractivity contribution in [1.82, 2.24) is 4.72 Å². The Morgan fingerprint density at radius 1 is 1.25 bits per heavy atom. The van der Waals surface area contributed by atoms with E-state index in [0.29, 0.717) is 6.42 Å². The molecule has 0 amide bonds. The normalized spacial score (nSPS) is 12.6. The molecule has 0 spiro atoms. The molecule has 0 fully saturated rings. The molecule has 0 unspecified atom stereocenters. The van der Waals surface area contributed by atoms with Gasteiger partial charge in [0, 0.05) is 12.8 Å². The Morgan fingerprint density at radius 2 is 1.90 bits per heavy atom. The smallest absolute Gasteiger partial charge is 0.224 e. The third-order valence-electron chi connectivity index (χ3n) is 2.44. The summed E-state index contributed by atoms with van der Waals surface area (Å²) in [6, 6.07) is 2.71. The van der Waals surface area contributed by atoms with Crippen molar-refractivity contribution < 1.29 is 21.2 Å². The molecule has 0 atom stereocenters. The van der Waals surface area contributed by atoms with Crippen LogP contribution in [0.5, 0.6) is 0 Å². The third-order valence-corrected chi connectivity index (χ3v) is 5.72. The van der Waals surface area contributed by atoms with Gasteiger partial charge in [-0.05, 0) is 36.6 Å². The zero-order chi connectivity index (χ0) is 15.4. The van der Waals surface area contributed by atoms with Crippen molar-refractivity contribution in [3.8, 4) is 0 Å². The summed E-state index contributed by atoms with van der Waals surface area (Å²) in [4.78, 5) is -0.882. The van der Waals surface area contributed by atoms with Crippen LogP contribution in [0.2, 0.25) is 0 Å². The SMILES string of the molecule is CSCCCNS(=O)(=O)c1cc(S(C)(=O)=O)ccc1F. The lowest BCUT2D eigenvalue weighted by Gasteiger charge is -2.08. The molecule has 1 N–H and O–H groups in total. The summed E-state index contributed by atoms with van der Waals surface area (Å²) < 4.78 is 62.5. The topological polar surface area (TPSA) is 80.3 Å². The van der Waals surface area contributed by atoms with Gasteiger partial charge in [-0.3, -0.25) is 0 Å². The van der Waals surface area contributed by atoms with E-state index in [-0.39, 0.29) is 11.4 Å². The van der Waals surface area contributed by atoms with Crippen molar-refractivity contribution in [2.24, 2.45) is 0 Å².